The number of rotatable bonds is 1. The van der Waals surface area contributed by atoms with Crippen molar-refractivity contribution in [2.45, 2.75) is 60.3 Å². The fourth-order valence-corrected chi connectivity index (χ4v) is 2.24. The summed E-state index contributed by atoms with van der Waals surface area (Å²) in [5, 5.41) is 12.5. The minimum absolute atomic E-state index is 0.112. The van der Waals surface area contributed by atoms with Gasteiger partial charge in [-0.25, -0.2) is 0 Å². The summed E-state index contributed by atoms with van der Waals surface area (Å²) in [5.74, 6) is 2.31. The second-order valence-corrected chi connectivity index (χ2v) is 5.70. The normalized spacial score (nSPS) is 19.4. The van der Waals surface area contributed by atoms with E-state index in [1.807, 2.05) is 19.9 Å². The van der Waals surface area contributed by atoms with E-state index in [-0.39, 0.29) is 5.41 Å². The summed E-state index contributed by atoms with van der Waals surface area (Å²) in [6, 6.07) is 2.02. The van der Waals surface area contributed by atoms with Crippen LogP contribution in [0.2, 0.25) is 0 Å². The zero-order chi connectivity index (χ0) is 13.9. The lowest BCUT2D eigenvalue weighted by atomic mass is 9.76. The van der Waals surface area contributed by atoms with Crippen molar-refractivity contribution in [2.75, 3.05) is 0 Å². The van der Waals surface area contributed by atoms with Crippen LogP contribution in [-0.2, 0) is 6.42 Å². The predicted molar refractivity (Wildman–Crippen MR) is 74.6 cm³/mol. The van der Waals surface area contributed by atoms with Gasteiger partial charge in [-0.3, -0.25) is 0 Å². The molecule has 0 saturated carbocycles. The Morgan fingerprint density at radius 3 is 2.39 bits per heavy atom. The molecule has 18 heavy (non-hydrogen) atoms. The summed E-state index contributed by atoms with van der Waals surface area (Å²) in [6.45, 7) is 12.5. The first-order valence-corrected chi connectivity index (χ1v) is 6.77. The van der Waals surface area contributed by atoms with Crippen LogP contribution in [0.25, 0.3) is 0 Å². The molecule has 3 heteroatoms. The van der Waals surface area contributed by atoms with Crippen LogP contribution in [0.5, 0.6) is 0 Å². The van der Waals surface area contributed by atoms with Gasteiger partial charge in [0.1, 0.15) is 11.5 Å². The predicted octanol–water partition coefficient (Wildman–Crippen LogP) is 4.58. The van der Waals surface area contributed by atoms with Crippen molar-refractivity contribution in [3.8, 4) is 0 Å². The molecule has 1 aliphatic carbocycles. The Morgan fingerprint density at radius 1 is 1.28 bits per heavy atom. The average Bonchev–Trinajstić information content (AvgIpc) is 2.73. The molecule has 1 heterocycles. The fourth-order valence-electron chi connectivity index (χ4n) is 2.24. The average molecular weight is 251 g/mol. The zero-order valence-electron chi connectivity index (χ0n) is 12.4. The number of nitrogens with zero attached hydrogens (tertiary/aromatic N) is 1. The second-order valence-electron chi connectivity index (χ2n) is 5.70. The van der Waals surface area contributed by atoms with Crippen LogP contribution < -0.4 is 0 Å². The van der Waals surface area contributed by atoms with E-state index >= 15 is 0 Å². The first-order chi connectivity index (χ1) is 8.43. The summed E-state index contributed by atoms with van der Waals surface area (Å²) in [4.78, 5) is 0. The number of hydrogen-bond donors (Lipinski definition) is 1. The largest absolute Gasteiger partial charge is 0.465 e. The van der Waals surface area contributed by atoms with Crippen LogP contribution in [0.15, 0.2) is 15.6 Å². The van der Waals surface area contributed by atoms with Gasteiger partial charge in [0.25, 0.3) is 0 Å². The summed E-state index contributed by atoms with van der Waals surface area (Å²) in [5.41, 5.74) is 1.85. The highest BCUT2D eigenvalue weighted by molar-refractivity contribution is 6.02. The number of furan rings is 1. The molecule has 3 nitrogen and oxygen atoms in total. The Morgan fingerprint density at radius 2 is 1.89 bits per heavy atom. The van der Waals surface area contributed by atoms with Crippen LogP contribution in [0.4, 0.5) is 0 Å². The SMILES string of the molecule is CC.CC(C)c1cc2c(o1)CC(C)(C)C/C2=N/O. The van der Waals surface area contributed by atoms with E-state index in [1.54, 1.807) is 0 Å². The molecule has 1 aliphatic rings. The van der Waals surface area contributed by atoms with Crippen molar-refractivity contribution in [2.24, 2.45) is 10.6 Å². The molecule has 1 aromatic rings. The van der Waals surface area contributed by atoms with Gasteiger partial charge >= 0.3 is 0 Å². The lowest BCUT2D eigenvalue weighted by Crippen LogP contribution is -2.26. The molecule has 0 aliphatic heterocycles. The highest BCUT2D eigenvalue weighted by atomic mass is 16.4. The number of hydrogen-bond acceptors (Lipinski definition) is 3. The smallest absolute Gasteiger partial charge is 0.113 e. The van der Waals surface area contributed by atoms with Gasteiger partial charge in [-0.05, 0) is 17.9 Å². The summed E-state index contributed by atoms with van der Waals surface area (Å²) >= 11 is 0. The molecule has 0 radical (unpaired) electrons. The van der Waals surface area contributed by atoms with E-state index in [1.165, 1.54) is 0 Å². The van der Waals surface area contributed by atoms with Crippen molar-refractivity contribution in [3.05, 3.63) is 23.2 Å². The first kappa shape index (κ1) is 14.8. The van der Waals surface area contributed by atoms with Gasteiger partial charge < -0.3 is 9.62 Å². The van der Waals surface area contributed by atoms with Crippen molar-refractivity contribution < 1.29 is 9.62 Å². The van der Waals surface area contributed by atoms with Gasteiger partial charge in [-0.15, -0.1) is 0 Å². The van der Waals surface area contributed by atoms with E-state index in [2.05, 4.69) is 32.9 Å². The molecule has 2 rings (SSSR count). The van der Waals surface area contributed by atoms with E-state index < -0.39 is 0 Å². The van der Waals surface area contributed by atoms with E-state index in [4.69, 9.17) is 9.62 Å². The maximum atomic E-state index is 9.06. The highest BCUT2D eigenvalue weighted by Crippen LogP contribution is 2.37. The molecule has 1 aromatic heterocycles. The Labute approximate surface area is 110 Å². The van der Waals surface area contributed by atoms with Crippen LogP contribution in [0, 0.1) is 5.41 Å². The van der Waals surface area contributed by atoms with Crippen LogP contribution in [0.3, 0.4) is 0 Å². The van der Waals surface area contributed by atoms with Crippen LogP contribution in [0.1, 0.15) is 71.0 Å². The third kappa shape index (κ3) is 2.95. The van der Waals surface area contributed by atoms with Crippen molar-refractivity contribution in [3.63, 3.8) is 0 Å². The Kier molecular flexibility index (Phi) is 4.60. The highest BCUT2D eigenvalue weighted by Gasteiger charge is 2.33. The summed E-state index contributed by atoms with van der Waals surface area (Å²) < 4.78 is 5.84. The summed E-state index contributed by atoms with van der Waals surface area (Å²) in [6.07, 6.45) is 1.71. The first-order valence-electron chi connectivity index (χ1n) is 6.77. The molecule has 0 fully saturated rings. The molecule has 102 valence electrons. The van der Waals surface area contributed by atoms with Crippen molar-refractivity contribution >= 4 is 5.71 Å². The Balaban J connectivity index is 0.000000771. The second kappa shape index (κ2) is 5.59. The Bertz CT molecular complexity index is 428. The van der Waals surface area contributed by atoms with Crippen molar-refractivity contribution in [1.82, 2.24) is 0 Å². The molecule has 0 atom stereocenters. The third-order valence-corrected chi connectivity index (χ3v) is 3.11. The maximum Gasteiger partial charge on any atom is 0.113 e. The monoisotopic (exact) mass is 251 g/mol. The fraction of sp³-hybridized carbons (Fsp3) is 0.667. The van der Waals surface area contributed by atoms with E-state index in [0.29, 0.717) is 5.92 Å². The zero-order valence-corrected chi connectivity index (χ0v) is 12.4. The Hall–Kier alpha value is -1.25. The quantitative estimate of drug-likeness (QED) is 0.586. The van der Waals surface area contributed by atoms with Crippen LogP contribution >= 0.6 is 0 Å². The molecule has 0 bridgehead atoms. The topological polar surface area (TPSA) is 45.7 Å². The van der Waals surface area contributed by atoms with Crippen molar-refractivity contribution in [1.29, 1.82) is 0 Å². The standard InChI is InChI=1S/C13H19NO2.C2H6/c1-8(2)11-5-9-10(14-15)6-13(3,4)7-12(9)16-11;1-2/h5,8,15H,6-7H2,1-4H3;1-2H3/b14-10-;. The molecule has 0 saturated heterocycles. The third-order valence-electron chi connectivity index (χ3n) is 3.11. The van der Waals surface area contributed by atoms with Gasteiger partial charge in [0, 0.05) is 17.9 Å². The lowest BCUT2D eigenvalue weighted by molar-refractivity contribution is 0.295. The molecule has 0 spiro atoms. The molecule has 1 N–H and O–H groups in total. The summed E-state index contributed by atoms with van der Waals surface area (Å²) in [7, 11) is 0. The number of oxime groups is 1. The number of fused-ring (bicyclic) bond motifs is 1. The molecule has 0 unspecified atom stereocenters. The van der Waals surface area contributed by atoms with Gasteiger partial charge in [0.15, 0.2) is 0 Å². The van der Waals surface area contributed by atoms with Gasteiger partial charge in [0.05, 0.1) is 5.71 Å². The van der Waals surface area contributed by atoms with Crippen LogP contribution in [-0.4, -0.2) is 10.9 Å². The van der Waals surface area contributed by atoms with Gasteiger partial charge in [-0.1, -0.05) is 46.7 Å². The van der Waals surface area contributed by atoms with E-state index in [9.17, 15) is 0 Å². The molecular formula is C15H25NO2. The minimum atomic E-state index is 0.112. The maximum absolute atomic E-state index is 9.06. The van der Waals surface area contributed by atoms with Gasteiger partial charge in [0.2, 0.25) is 0 Å². The minimum Gasteiger partial charge on any atom is -0.465 e. The van der Waals surface area contributed by atoms with Gasteiger partial charge in [-0.2, -0.15) is 0 Å². The van der Waals surface area contributed by atoms with E-state index in [0.717, 1.165) is 35.6 Å². The lowest BCUT2D eigenvalue weighted by Gasteiger charge is -2.28. The molecule has 0 aromatic carbocycles. The molecular weight excluding hydrogens is 226 g/mol. The molecule has 0 amide bonds.